The van der Waals surface area contributed by atoms with Crippen molar-refractivity contribution in [3.05, 3.63) is 46.7 Å². The highest BCUT2D eigenvalue weighted by Gasteiger charge is 2.21. The number of nitrogens with zero attached hydrogens (tertiary/aromatic N) is 4. The average Bonchev–Trinajstić information content (AvgIpc) is 3.24. The summed E-state index contributed by atoms with van der Waals surface area (Å²) in [5.74, 6) is 1.24. The first-order valence-corrected chi connectivity index (χ1v) is 10.2. The second kappa shape index (κ2) is 7.43. The minimum atomic E-state index is 0.747. The van der Waals surface area contributed by atoms with E-state index in [2.05, 4.69) is 59.9 Å². The van der Waals surface area contributed by atoms with Crippen LogP contribution >= 0.6 is 0 Å². The Balaban J connectivity index is 1.44. The zero-order valence-corrected chi connectivity index (χ0v) is 16.5. The van der Waals surface area contributed by atoms with Crippen LogP contribution in [0.1, 0.15) is 50.5 Å². The molecular formula is C22H32N4. The Kier molecular flexibility index (Phi) is 5.03. The van der Waals surface area contributed by atoms with Gasteiger partial charge in [-0.1, -0.05) is 6.08 Å². The van der Waals surface area contributed by atoms with E-state index in [0.29, 0.717) is 0 Å². The maximum absolute atomic E-state index is 4.91. The molecule has 1 atom stereocenters. The van der Waals surface area contributed by atoms with Crippen molar-refractivity contribution in [2.24, 2.45) is 0 Å². The summed E-state index contributed by atoms with van der Waals surface area (Å²) in [5, 5.41) is 0. The molecule has 1 saturated heterocycles. The van der Waals surface area contributed by atoms with Gasteiger partial charge in [-0.15, -0.1) is 0 Å². The van der Waals surface area contributed by atoms with E-state index in [1.54, 1.807) is 0 Å². The van der Waals surface area contributed by atoms with E-state index in [1.165, 1.54) is 47.7 Å². The van der Waals surface area contributed by atoms with Gasteiger partial charge in [-0.2, -0.15) is 0 Å². The van der Waals surface area contributed by atoms with Gasteiger partial charge in [0.05, 0.1) is 5.69 Å². The minimum Gasteiger partial charge on any atom is -0.381 e. The molecule has 26 heavy (non-hydrogen) atoms. The molecule has 1 aromatic rings. The zero-order chi connectivity index (χ0) is 18.1. The molecule has 0 aromatic carbocycles. The quantitative estimate of drug-likeness (QED) is 0.804. The fourth-order valence-corrected chi connectivity index (χ4v) is 4.48. The third-order valence-electron chi connectivity index (χ3n) is 6.23. The molecule has 1 fully saturated rings. The van der Waals surface area contributed by atoms with Gasteiger partial charge in [0, 0.05) is 57.6 Å². The molecule has 3 heterocycles. The van der Waals surface area contributed by atoms with Gasteiger partial charge < -0.3 is 14.4 Å². The first-order valence-electron chi connectivity index (χ1n) is 10.2. The minimum absolute atomic E-state index is 0.747. The molecular weight excluding hydrogens is 320 g/mol. The molecule has 0 radical (unpaired) electrons. The number of imidazole rings is 1. The topological polar surface area (TPSA) is 24.3 Å². The van der Waals surface area contributed by atoms with Gasteiger partial charge in [-0.05, 0) is 62.8 Å². The highest BCUT2D eigenvalue weighted by Crippen LogP contribution is 2.30. The van der Waals surface area contributed by atoms with E-state index >= 15 is 0 Å². The summed E-state index contributed by atoms with van der Waals surface area (Å²) in [6, 6.07) is 0.747. The standard InChI is InChI=1S/C22H32N4/c1-17-5-4-13-25(17)14-12-20-16-26-15-19(8-11-22(26)23-20)18-6-9-21(10-7-18)24(2)3/h6,9,15-17H,4-5,7-8,10-14H2,1-3H3. The molecule has 0 saturated carbocycles. The Bertz CT molecular complexity index is 750. The number of allylic oxidation sites excluding steroid dienone is 5. The summed E-state index contributed by atoms with van der Waals surface area (Å²) in [7, 11) is 4.26. The van der Waals surface area contributed by atoms with Crippen LogP contribution in [-0.4, -0.2) is 52.6 Å². The maximum atomic E-state index is 4.91. The number of aromatic nitrogens is 2. The molecule has 1 aromatic heterocycles. The number of hydrogen-bond donors (Lipinski definition) is 0. The largest absolute Gasteiger partial charge is 0.381 e. The van der Waals surface area contributed by atoms with Crippen LogP contribution in [0.15, 0.2) is 35.2 Å². The Labute approximate surface area is 157 Å². The Morgan fingerprint density at radius 2 is 1.96 bits per heavy atom. The molecule has 0 N–H and O–H groups in total. The molecule has 2 aliphatic heterocycles. The van der Waals surface area contributed by atoms with Gasteiger partial charge in [-0.3, -0.25) is 0 Å². The Hall–Kier alpha value is -1.81. The highest BCUT2D eigenvalue weighted by atomic mass is 15.2. The van der Waals surface area contributed by atoms with Crippen molar-refractivity contribution in [3.8, 4) is 0 Å². The first kappa shape index (κ1) is 17.6. The van der Waals surface area contributed by atoms with E-state index in [-0.39, 0.29) is 0 Å². The van der Waals surface area contributed by atoms with Gasteiger partial charge in [0.15, 0.2) is 0 Å². The monoisotopic (exact) mass is 352 g/mol. The molecule has 4 rings (SSSR count). The smallest absolute Gasteiger partial charge is 0.113 e. The lowest BCUT2D eigenvalue weighted by Crippen LogP contribution is -2.29. The van der Waals surface area contributed by atoms with E-state index in [1.807, 2.05) is 0 Å². The molecule has 4 nitrogen and oxygen atoms in total. The summed E-state index contributed by atoms with van der Waals surface area (Å²) in [6.07, 6.45) is 17.5. The van der Waals surface area contributed by atoms with Crippen LogP contribution in [0.2, 0.25) is 0 Å². The summed E-state index contributed by atoms with van der Waals surface area (Å²) in [4.78, 5) is 9.74. The van der Waals surface area contributed by atoms with Crippen LogP contribution in [0, 0.1) is 0 Å². The van der Waals surface area contributed by atoms with Gasteiger partial charge in [0.2, 0.25) is 0 Å². The second-order valence-corrected chi connectivity index (χ2v) is 8.23. The maximum Gasteiger partial charge on any atom is 0.113 e. The van der Waals surface area contributed by atoms with E-state index in [0.717, 1.165) is 44.7 Å². The average molecular weight is 353 g/mol. The zero-order valence-electron chi connectivity index (χ0n) is 16.5. The Morgan fingerprint density at radius 3 is 2.65 bits per heavy atom. The molecule has 1 aliphatic carbocycles. The van der Waals surface area contributed by atoms with Gasteiger partial charge in [-0.25, -0.2) is 4.98 Å². The van der Waals surface area contributed by atoms with Gasteiger partial charge in [0.1, 0.15) is 5.82 Å². The van der Waals surface area contributed by atoms with E-state index in [9.17, 15) is 0 Å². The van der Waals surface area contributed by atoms with Crippen molar-refractivity contribution in [2.75, 3.05) is 27.2 Å². The van der Waals surface area contributed by atoms with Crippen LogP contribution in [0.25, 0.3) is 6.20 Å². The lowest BCUT2D eigenvalue weighted by molar-refractivity contribution is 0.271. The third-order valence-corrected chi connectivity index (χ3v) is 6.23. The van der Waals surface area contributed by atoms with Gasteiger partial charge >= 0.3 is 0 Å². The predicted octanol–water partition coefficient (Wildman–Crippen LogP) is 3.86. The highest BCUT2D eigenvalue weighted by molar-refractivity contribution is 5.50. The molecule has 1 unspecified atom stereocenters. The fourth-order valence-electron chi connectivity index (χ4n) is 4.48. The van der Waals surface area contributed by atoms with Crippen molar-refractivity contribution >= 4 is 6.20 Å². The van der Waals surface area contributed by atoms with Crippen molar-refractivity contribution in [1.82, 2.24) is 19.4 Å². The molecule has 0 bridgehead atoms. The van der Waals surface area contributed by atoms with E-state index in [4.69, 9.17) is 4.98 Å². The lowest BCUT2D eigenvalue weighted by Gasteiger charge is -2.23. The number of likely N-dealkylation sites (tertiary alicyclic amines) is 1. The fraction of sp³-hybridized carbons (Fsp3) is 0.591. The summed E-state index contributed by atoms with van der Waals surface area (Å²) < 4.78 is 2.29. The summed E-state index contributed by atoms with van der Waals surface area (Å²) in [6.45, 7) is 4.76. The third kappa shape index (κ3) is 3.66. The molecule has 140 valence electrons. The molecule has 0 amide bonds. The summed E-state index contributed by atoms with van der Waals surface area (Å²) >= 11 is 0. The second-order valence-electron chi connectivity index (χ2n) is 8.23. The van der Waals surface area contributed by atoms with Crippen molar-refractivity contribution in [3.63, 3.8) is 0 Å². The number of rotatable bonds is 5. The van der Waals surface area contributed by atoms with Crippen LogP contribution < -0.4 is 0 Å². The van der Waals surface area contributed by atoms with Crippen LogP contribution in [-0.2, 0) is 12.8 Å². The number of hydrogen-bond acceptors (Lipinski definition) is 3. The Morgan fingerprint density at radius 1 is 1.12 bits per heavy atom. The van der Waals surface area contributed by atoms with Crippen LogP contribution in [0.3, 0.4) is 0 Å². The first-order chi connectivity index (χ1) is 12.6. The number of fused-ring (bicyclic) bond motifs is 1. The molecule has 0 spiro atoms. The summed E-state index contributed by atoms with van der Waals surface area (Å²) in [5.41, 5.74) is 5.67. The molecule has 3 aliphatic rings. The predicted molar refractivity (Wildman–Crippen MR) is 108 cm³/mol. The SMILES string of the molecule is CC1CCCN1CCc1cn2c(n1)CCC(C1=CC=C(N(C)C)CC1)=C2. The van der Waals surface area contributed by atoms with Crippen molar-refractivity contribution in [1.29, 1.82) is 0 Å². The van der Waals surface area contributed by atoms with Crippen LogP contribution in [0.5, 0.6) is 0 Å². The van der Waals surface area contributed by atoms with Crippen molar-refractivity contribution < 1.29 is 0 Å². The normalized spacial score (nSPS) is 23.3. The van der Waals surface area contributed by atoms with Crippen molar-refractivity contribution in [2.45, 2.75) is 57.9 Å². The molecule has 4 heteroatoms. The van der Waals surface area contributed by atoms with Gasteiger partial charge in [0.25, 0.3) is 0 Å². The number of aryl methyl sites for hydroxylation is 1. The van der Waals surface area contributed by atoms with Crippen LogP contribution in [0.4, 0.5) is 0 Å². The lowest BCUT2D eigenvalue weighted by atomic mass is 9.92. The van der Waals surface area contributed by atoms with E-state index < -0.39 is 0 Å².